The minimum atomic E-state index is -4.40. The normalized spacial score (nSPS) is 19.6. The van der Waals surface area contributed by atoms with E-state index in [1.54, 1.807) is 19.4 Å². The topological polar surface area (TPSA) is 40.6 Å². The molecule has 0 bridgehead atoms. The van der Waals surface area contributed by atoms with Crippen molar-refractivity contribution in [2.75, 3.05) is 45.7 Å². The molecule has 10 heteroatoms. The highest BCUT2D eigenvalue weighted by atomic mass is 35.5. The largest absolute Gasteiger partial charge is 0.425 e. The molecule has 0 aromatic carbocycles. The lowest BCUT2D eigenvalue weighted by Gasteiger charge is -2.41. The molecule has 1 saturated heterocycles. The van der Waals surface area contributed by atoms with Crippen LogP contribution in [0.15, 0.2) is 18.3 Å². The molecule has 30 heavy (non-hydrogen) atoms. The fraction of sp³-hybridized carbons (Fsp3) is 0.450. The maximum absolute atomic E-state index is 13.4. The molecule has 1 atom stereocenters. The molecule has 4 rings (SSSR count). The summed E-state index contributed by atoms with van der Waals surface area (Å²) < 4.78 is 45.6. The Kier molecular flexibility index (Phi) is 5.98. The molecule has 1 unspecified atom stereocenters. The first-order valence-electron chi connectivity index (χ1n) is 9.56. The molecule has 4 heterocycles. The summed E-state index contributed by atoms with van der Waals surface area (Å²) in [5.74, 6) is 0. The molecular formula is C20H22ClF3N4OS. The van der Waals surface area contributed by atoms with E-state index < -0.39 is 11.1 Å². The van der Waals surface area contributed by atoms with Gasteiger partial charge >= 0.3 is 6.18 Å². The molecule has 0 spiro atoms. The summed E-state index contributed by atoms with van der Waals surface area (Å²) in [6.07, 6.45) is -0.348. The fourth-order valence-electron chi connectivity index (χ4n) is 3.88. The summed E-state index contributed by atoms with van der Waals surface area (Å²) in [4.78, 5) is 8.30. The highest BCUT2D eigenvalue weighted by molar-refractivity contribution is 7.16. The second kappa shape index (κ2) is 8.37. The first-order chi connectivity index (χ1) is 14.3. The number of piperazine rings is 1. The van der Waals surface area contributed by atoms with Crippen LogP contribution in [0.3, 0.4) is 0 Å². The third-order valence-corrected chi connectivity index (χ3v) is 6.80. The number of fused-ring (bicyclic) bond motifs is 2. The Hall–Kier alpha value is -1.81. The van der Waals surface area contributed by atoms with Crippen molar-refractivity contribution in [2.45, 2.75) is 18.6 Å². The van der Waals surface area contributed by atoms with Crippen LogP contribution in [-0.2, 0) is 10.9 Å². The quantitative estimate of drug-likeness (QED) is 0.763. The number of nitrogens with one attached hydrogen (secondary N) is 1. The van der Waals surface area contributed by atoms with Crippen molar-refractivity contribution in [3.63, 3.8) is 0 Å². The monoisotopic (exact) mass is 458 g/mol. The number of likely N-dealkylation sites (N-methyl/N-ethyl adjacent to an activating group) is 1. The zero-order valence-electron chi connectivity index (χ0n) is 16.6. The number of hydrogen-bond donors (Lipinski definition) is 1. The standard InChI is InChI=1S/C20H22ClF3N4OS/c1-27-4-5-28(11-14(27)3-6-29-2)18-15-8-16(20(22,23)24)30-19(15)26-9-12-7-13(21)10-25-17(12)18/h7-10,14,26H,3-6,11H2,1-2H3. The lowest BCUT2D eigenvalue weighted by Crippen LogP contribution is -2.52. The van der Waals surface area contributed by atoms with Gasteiger partial charge in [0, 0.05) is 62.6 Å². The van der Waals surface area contributed by atoms with Crippen LogP contribution in [-0.4, -0.2) is 61.2 Å². The number of anilines is 1. The average molecular weight is 459 g/mol. The summed E-state index contributed by atoms with van der Waals surface area (Å²) in [6, 6.07) is 3.23. The van der Waals surface area contributed by atoms with Gasteiger partial charge in [0.2, 0.25) is 0 Å². The summed E-state index contributed by atoms with van der Waals surface area (Å²) in [5, 5.41) is 5.36. The van der Waals surface area contributed by atoms with Crippen LogP contribution in [0.5, 0.6) is 0 Å². The van der Waals surface area contributed by atoms with Gasteiger partial charge in [-0.15, -0.1) is 11.3 Å². The van der Waals surface area contributed by atoms with E-state index in [1.165, 1.54) is 12.3 Å². The Balaban J connectivity index is 1.86. The molecule has 0 amide bonds. The zero-order chi connectivity index (χ0) is 21.5. The molecular weight excluding hydrogens is 437 g/mol. The van der Waals surface area contributed by atoms with Gasteiger partial charge in [0.1, 0.15) is 9.88 Å². The van der Waals surface area contributed by atoms with Gasteiger partial charge in [-0.25, -0.2) is 0 Å². The van der Waals surface area contributed by atoms with E-state index in [0.717, 1.165) is 18.2 Å². The molecule has 2 aliphatic rings. The maximum atomic E-state index is 13.4. The number of aromatic nitrogens is 1. The molecule has 2 aliphatic heterocycles. The average Bonchev–Trinajstić information content (AvgIpc) is 3.06. The van der Waals surface area contributed by atoms with Crippen LogP contribution < -0.4 is 15.9 Å². The predicted molar refractivity (Wildman–Crippen MR) is 113 cm³/mol. The van der Waals surface area contributed by atoms with E-state index in [1.807, 2.05) is 0 Å². The van der Waals surface area contributed by atoms with Gasteiger partial charge in [0.25, 0.3) is 0 Å². The van der Waals surface area contributed by atoms with Crippen molar-refractivity contribution in [3.05, 3.63) is 44.4 Å². The minimum absolute atomic E-state index is 0.228. The van der Waals surface area contributed by atoms with E-state index in [2.05, 4.69) is 27.1 Å². The molecule has 0 saturated carbocycles. The Bertz CT molecular complexity index is 1060. The summed E-state index contributed by atoms with van der Waals surface area (Å²) in [7, 11) is 3.73. The van der Waals surface area contributed by atoms with Crippen LogP contribution in [0.1, 0.15) is 16.9 Å². The molecule has 0 radical (unpaired) electrons. The van der Waals surface area contributed by atoms with Gasteiger partial charge in [0.05, 0.1) is 16.1 Å². The Morgan fingerprint density at radius 1 is 1.33 bits per heavy atom. The van der Waals surface area contributed by atoms with E-state index in [9.17, 15) is 13.2 Å². The molecule has 5 nitrogen and oxygen atoms in total. The zero-order valence-corrected chi connectivity index (χ0v) is 18.2. The van der Waals surface area contributed by atoms with Crippen molar-refractivity contribution < 1.29 is 17.9 Å². The number of pyridine rings is 1. The first kappa shape index (κ1) is 21.4. The number of alkyl halides is 3. The van der Waals surface area contributed by atoms with Crippen LogP contribution >= 0.6 is 22.9 Å². The van der Waals surface area contributed by atoms with Crippen molar-refractivity contribution in [1.82, 2.24) is 14.8 Å². The van der Waals surface area contributed by atoms with Crippen LogP contribution in [0.4, 0.5) is 18.2 Å². The molecule has 2 aromatic rings. The number of nitrogens with zero attached hydrogens (tertiary/aromatic N) is 3. The number of halogens is 4. The second-order valence-corrected chi connectivity index (χ2v) is 8.93. The Morgan fingerprint density at radius 3 is 2.87 bits per heavy atom. The maximum Gasteiger partial charge on any atom is 0.425 e. The van der Waals surface area contributed by atoms with E-state index >= 15 is 0 Å². The minimum Gasteiger partial charge on any atom is -0.385 e. The van der Waals surface area contributed by atoms with Crippen molar-refractivity contribution in [1.29, 1.82) is 0 Å². The lowest BCUT2D eigenvalue weighted by molar-refractivity contribution is -0.134. The number of rotatable bonds is 4. The van der Waals surface area contributed by atoms with E-state index in [-0.39, 0.29) is 6.04 Å². The highest BCUT2D eigenvalue weighted by Crippen LogP contribution is 2.42. The van der Waals surface area contributed by atoms with Crippen molar-refractivity contribution in [2.24, 2.45) is 0 Å². The van der Waals surface area contributed by atoms with Crippen molar-refractivity contribution in [3.8, 4) is 0 Å². The SMILES string of the molecule is COCCC1CN(C2=c3ncc(Cl)cc3=CNc3sc(C(F)(F)F)cc32)CCN1C. The third kappa shape index (κ3) is 4.16. The van der Waals surface area contributed by atoms with E-state index in [0.29, 0.717) is 57.7 Å². The molecule has 2 aromatic heterocycles. The number of methoxy groups -OCH3 is 1. The van der Waals surface area contributed by atoms with Crippen LogP contribution in [0.25, 0.3) is 11.9 Å². The molecule has 1 N–H and O–H groups in total. The second-order valence-electron chi connectivity index (χ2n) is 7.44. The molecule has 162 valence electrons. The Morgan fingerprint density at radius 2 is 2.13 bits per heavy atom. The first-order valence-corrected chi connectivity index (χ1v) is 10.8. The number of thiophene rings is 1. The highest BCUT2D eigenvalue weighted by Gasteiger charge is 2.36. The molecule has 0 aliphatic carbocycles. The van der Waals surface area contributed by atoms with Crippen LogP contribution in [0, 0.1) is 0 Å². The molecule has 1 fully saturated rings. The van der Waals surface area contributed by atoms with Crippen LogP contribution in [0.2, 0.25) is 5.02 Å². The summed E-state index contributed by atoms with van der Waals surface area (Å²) in [5.41, 5.74) is 1.23. The van der Waals surface area contributed by atoms with Crippen molar-refractivity contribution >= 4 is 39.8 Å². The predicted octanol–water partition coefficient (Wildman–Crippen LogP) is 2.79. The Labute approximate surface area is 181 Å². The lowest BCUT2D eigenvalue weighted by atomic mass is 10.1. The van der Waals surface area contributed by atoms with Gasteiger partial charge in [-0.2, -0.15) is 13.2 Å². The van der Waals surface area contributed by atoms with E-state index in [4.69, 9.17) is 16.3 Å². The fourth-order valence-corrected chi connectivity index (χ4v) is 4.94. The van der Waals surface area contributed by atoms with Gasteiger partial charge in [-0.3, -0.25) is 9.88 Å². The number of hydrogen-bond acceptors (Lipinski definition) is 6. The summed E-state index contributed by atoms with van der Waals surface area (Å²) in [6.45, 7) is 2.79. The van der Waals surface area contributed by atoms with Gasteiger partial charge in [-0.05, 0) is 25.6 Å². The third-order valence-electron chi connectivity index (χ3n) is 5.48. The van der Waals surface area contributed by atoms with Gasteiger partial charge in [-0.1, -0.05) is 11.6 Å². The smallest absolute Gasteiger partial charge is 0.385 e. The van der Waals surface area contributed by atoms with Gasteiger partial charge < -0.3 is 15.0 Å². The van der Waals surface area contributed by atoms with Gasteiger partial charge in [0.15, 0.2) is 0 Å². The summed E-state index contributed by atoms with van der Waals surface area (Å²) >= 11 is 6.84. The number of ether oxygens (including phenoxy) is 1.